The Bertz CT molecular complexity index is 884. The molecule has 1 unspecified atom stereocenters. The number of hydrogen-bond donors (Lipinski definition) is 1. The molecule has 0 spiro atoms. The van der Waals surface area contributed by atoms with Crippen molar-refractivity contribution in [2.24, 2.45) is 5.92 Å². The summed E-state index contributed by atoms with van der Waals surface area (Å²) in [5, 5.41) is 9.57. The van der Waals surface area contributed by atoms with E-state index in [1.54, 1.807) is 7.11 Å². The maximum atomic E-state index is 11.6. The summed E-state index contributed by atoms with van der Waals surface area (Å²) in [7, 11) is 1.66. The Hall–Kier alpha value is -3.07. The maximum absolute atomic E-state index is 11.6. The highest BCUT2D eigenvalue weighted by Crippen LogP contribution is 2.24. The number of carbonyl (C=O) groups is 1. The predicted molar refractivity (Wildman–Crippen MR) is 117 cm³/mol. The fraction of sp³-hybridized carbons (Fsp3) is 0.269. The normalized spacial score (nSPS) is 11.8. The van der Waals surface area contributed by atoms with Crippen LogP contribution in [0.3, 0.4) is 0 Å². The first kappa shape index (κ1) is 20.7. The summed E-state index contributed by atoms with van der Waals surface area (Å²) in [6.45, 7) is 0. The van der Waals surface area contributed by atoms with Gasteiger partial charge in [-0.05, 0) is 66.5 Å². The number of aryl methyl sites for hydroxylation is 2. The lowest BCUT2D eigenvalue weighted by Gasteiger charge is -2.13. The Morgan fingerprint density at radius 2 is 1.38 bits per heavy atom. The highest BCUT2D eigenvalue weighted by atomic mass is 16.5. The molecular formula is C26H28O3. The molecular weight excluding hydrogens is 360 g/mol. The Labute approximate surface area is 173 Å². The molecule has 0 fully saturated rings. The standard InChI is InChI=1S/C26H28O3/c1-29-25-18-16-23(17-19-25)22-13-10-21(11-14-22)12-15-24(26(27)28)9-5-8-20-6-3-2-4-7-20/h2-4,6-7,10-11,13-14,16-19,24H,5,8-9,12,15H2,1H3,(H,27,28). The topological polar surface area (TPSA) is 46.5 Å². The smallest absolute Gasteiger partial charge is 0.306 e. The molecule has 3 nitrogen and oxygen atoms in total. The van der Waals surface area contributed by atoms with E-state index in [1.807, 2.05) is 42.5 Å². The highest BCUT2D eigenvalue weighted by molar-refractivity contribution is 5.70. The molecule has 3 aromatic rings. The van der Waals surface area contributed by atoms with Gasteiger partial charge in [0.15, 0.2) is 0 Å². The molecule has 1 N–H and O–H groups in total. The molecule has 0 radical (unpaired) electrons. The van der Waals surface area contributed by atoms with E-state index in [9.17, 15) is 9.90 Å². The van der Waals surface area contributed by atoms with Gasteiger partial charge in [0, 0.05) is 0 Å². The van der Waals surface area contributed by atoms with Gasteiger partial charge in [-0.1, -0.05) is 66.7 Å². The van der Waals surface area contributed by atoms with Crippen molar-refractivity contribution in [2.75, 3.05) is 7.11 Å². The van der Waals surface area contributed by atoms with Crippen molar-refractivity contribution in [1.82, 2.24) is 0 Å². The van der Waals surface area contributed by atoms with E-state index in [4.69, 9.17) is 4.74 Å². The summed E-state index contributed by atoms with van der Waals surface area (Å²) >= 11 is 0. The number of rotatable bonds is 10. The van der Waals surface area contributed by atoms with Crippen LogP contribution in [0.1, 0.15) is 30.4 Å². The molecule has 0 aliphatic rings. The van der Waals surface area contributed by atoms with Crippen molar-refractivity contribution >= 4 is 5.97 Å². The number of benzene rings is 3. The van der Waals surface area contributed by atoms with Gasteiger partial charge in [0.25, 0.3) is 0 Å². The van der Waals surface area contributed by atoms with Gasteiger partial charge in [-0.25, -0.2) is 0 Å². The van der Waals surface area contributed by atoms with Gasteiger partial charge in [0.2, 0.25) is 0 Å². The molecule has 0 bridgehead atoms. The van der Waals surface area contributed by atoms with Gasteiger partial charge >= 0.3 is 5.97 Å². The van der Waals surface area contributed by atoms with E-state index in [0.29, 0.717) is 12.8 Å². The summed E-state index contributed by atoms with van der Waals surface area (Å²) in [6.07, 6.45) is 4.00. The summed E-state index contributed by atoms with van der Waals surface area (Å²) in [6, 6.07) is 26.6. The minimum Gasteiger partial charge on any atom is -0.497 e. The van der Waals surface area contributed by atoms with Crippen molar-refractivity contribution in [3.63, 3.8) is 0 Å². The number of ether oxygens (including phenoxy) is 1. The zero-order chi connectivity index (χ0) is 20.5. The van der Waals surface area contributed by atoms with Crippen molar-refractivity contribution in [2.45, 2.75) is 32.1 Å². The third-order valence-electron chi connectivity index (χ3n) is 5.37. The molecule has 3 heteroatoms. The van der Waals surface area contributed by atoms with Crippen LogP contribution in [-0.4, -0.2) is 18.2 Å². The zero-order valence-corrected chi connectivity index (χ0v) is 16.9. The lowest BCUT2D eigenvalue weighted by Crippen LogP contribution is -2.15. The molecule has 3 rings (SSSR count). The van der Waals surface area contributed by atoms with E-state index in [1.165, 1.54) is 11.1 Å². The van der Waals surface area contributed by atoms with E-state index >= 15 is 0 Å². The minimum absolute atomic E-state index is 0.292. The first-order chi connectivity index (χ1) is 14.2. The first-order valence-corrected chi connectivity index (χ1v) is 10.2. The fourth-order valence-corrected chi connectivity index (χ4v) is 3.58. The molecule has 0 aliphatic carbocycles. The molecule has 150 valence electrons. The molecule has 0 saturated carbocycles. The molecule has 0 aromatic heterocycles. The second-order valence-corrected chi connectivity index (χ2v) is 7.38. The van der Waals surface area contributed by atoms with Gasteiger partial charge in [-0.2, -0.15) is 0 Å². The first-order valence-electron chi connectivity index (χ1n) is 10.2. The molecule has 1 atom stereocenters. The van der Waals surface area contributed by atoms with Crippen LogP contribution in [0.25, 0.3) is 11.1 Å². The van der Waals surface area contributed by atoms with E-state index in [0.717, 1.165) is 36.1 Å². The van der Waals surface area contributed by atoms with Crippen LogP contribution in [0.15, 0.2) is 78.9 Å². The predicted octanol–water partition coefficient (Wildman–Crippen LogP) is 6.02. The quantitative estimate of drug-likeness (QED) is 0.462. The Balaban J connectivity index is 1.51. The lowest BCUT2D eigenvalue weighted by molar-refractivity contribution is -0.142. The van der Waals surface area contributed by atoms with Crippen molar-refractivity contribution in [1.29, 1.82) is 0 Å². The van der Waals surface area contributed by atoms with Crippen LogP contribution in [0, 0.1) is 5.92 Å². The van der Waals surface area contributed by atoms with Gasteiger partial charge in [0.05, 0.1) is 13.0 Å². The molecule has 0 aliphatic heterocycles. The van der Waals surface area contributed by atoms with Gasteiger partial charge in [-0.3, -0.25) is 4.79 Å². The largest absolute Gasteiger partial charge is 0.497 e. The molecule has 0 heterocycles. The summed E-state index contributed by atoms with van der Waals surface area (Å²) in [4.78, 5) is 11.6. The SMILES string of the molecule is COc1ccc(-c2ccc(CCC(CCCc3ccccc3)C(=O)O)cc2)cc1. The Morgan fingerprint density at radius 1 is 0.793 bits per heavy atom. The number of methoxy groups -OCH3 is 1. The van der Waals surface area contributed by atoms with Crippen molar-refractivity contribution in [3.05, 3.63) is 90.0 Å². The average molecular weight is 389 g/mol. The second-order valence-electron chi connectivity index (χ2n) is 7.38. The zero-order valence-electron chi connectivity index (χ0n) is 16.9. The third-order valence-corrected chi connectivity index (χ3v) is 5.37. The van der Waals surface area contributed by atoms with Crippen molar-refractivity contribution < 1.29 is 14.6 Å². The van der Waals surface area contributed by atoms with Gasteiger partial charge < -0.3 is 9.84 Å². The monoisotopic (exact) mass is 388 g/mol. The molecule has 29 heavy (non-hydrogen) atoms. The summed E-state index contributed by atoms with van der Waals surface area (Å²) < 4.78 is 5.20. The molecule has 0 amide bonds. The number of carboxylic acids is 1. The Morgan fingerprint density at radius 3 is 1.97 bits per heavy atom. The highest BCUT2D eigenvalue weighted by Gasteiger charge is 2.17. The summed E-state index contributed by atoms with van der Waals surface area (Å²) in [5.41, 5.74) is 4.73. The lowest BCUT2D eigenvalue weighted by atomic mass is 9.93. The van der Waals surface area contributed by atoms with Crippen LogP contribution >= 0.6 is 0 Å². The van der Waals surface area contributed by atoms with E-state index < -0.39 is 5.97 Å². The van der Waals surface area contributed by atoms with Crippen LogP contribution in [0.2, 0.25) is 0 Å². The van der Waals surface area contributed by atoms with E-state index in [2.05, 4.69) is 36.4 Å². The van der Waals surface area contributed by atoms with Crippen LogP contribution in [0.5, 0.6) is 5.75 Å². The third kappa shape index (κ3) is 6.21. The number of carboxylic acid groups (broad SMARTS) is 1. The minimum atomic E-state index is -0.687. The van der Waals surface area contributed by atoms with Crippen LogP contribution in [0.4, 0.5) is 0 Å². The van der Waals surface area contributed by atoms with Gasteiger partial charge in [0.1, 0.15) is 5.75 Å². The van der Waals surface area contributed by atoms with Crippen LogP contribution in [-0.2, 0) is 17.6 Å². The number of aliphatic carboxylic acids is 1. The fourth-order valence-electron chi connectivity index (χ4n) is 3.58. The second kappa shape index (κ2) is 10.5. The van der Waals surface area contributed by atoms with Gasteiger partial charge in [-0.15, -0.1) is 0 Å². The average Bonchev–Trinajstić information content (AvgIpc) is 2.77. The maximum Gasteiger partial charge on any atom is 0.306 e. The van der Waals surface area contributed by atoms with E-state index in [-0.39, 0.29) is 5.92 Å². The molecule has 0 saturated heterocycles. The summed E-state index contributed by atoms with van der Waals surface area (Å²) in [5.74, 6) is -0.134. The van der Waals surface area contributed by atoms with Crippen molar-refractivity contribution in [3.8, 4) is 16.9 Å². The van der Waals surface area contributed by atoms with Crippen LogP contribution < -0.4 is 4.74 Å². The molecule has 3 aromatic carbocycles. The number of hydrogen-bond acceptors (Lipinski definition) is 2. The Kier molecular flexibility index (Phi) is 7.46.